The van der Waals surface area contributed by atoms with E-state index in [4.69, 9.17) is 9.97 Å². The average Bonchev–Trinajstić information content (AvgIpc) is 3.21. The summed E-state index contributed by atoms with van der Waals surface area (Å²) < 4.78 is 0. The first kappa shape index (κ1) is 20.1. The number of aryl methyl sites for hydroxylation is 1. The Labute approximate surface area is 199 Å². The number of carbonyl (C=O) groups excluding carboxylic acids is 1. The number of rotatable bonds is 4. The van der Waals surface area contributed by atoms with Gasteiger partial charge in [0.25, 0.3) is 5.91 Å². The van der Waals surface area contributed by atoms with Crippen LogP contribution in [0.5, 0.6) is 0 Å². The number of amides is 1. The molecule has 2 aromatic heterocycles. The Morgan fingerprint density at radius 1 is 1.15 bits per heavy atom. The molecule has 1 saturated carbocycles. The van der Waals surface area contributed by atoms with Gasteiger partial charge in [0, 0.05) is 72.5 Å². The molecule has 2 saturated heterocycles. The Morgan fingerprint density at radius 2 is 2.00 bits per heavy atom. The van der Waals surface area contributed by atoms with Crippen molar-refractivity contribution in [2.45, 2.75) is 50.1 Å². The van der Waals surface area contributed by atoms with Crippen molar-refractivity contribution in [2.75, 3.05) is 24.5 Å². The number of carbonyl (C=O) groups is 1. The number of pyridine rings is 1. The van der Waals surface area contributed by atoms with E-state index >= 15 is 0 Å². The van der Waals surface area contributed by atoms with Gasteiger partial charge in [0.2, 0.25) is 5.95 Å². The highest BCUT2D eigenvalue weighted by Gasteiger charge is 2.52. The molecule has 7 rings (SSSR count). The molecule has 1 aliphatic carbocycles. The van der Waals surface area contributed by atoms with Crippen LogP contribution in [0.15, 0.2) is 48.9 Å². The largest absolute Gasteiger partial charge is 0.333 e. The molecule has 3 aromatic rings. The van der Waals surface area contributed by atoms with Crippen molar-refractivity contribution in [2.24, 2.45) is 0 Å². The summed E-state index contributed by atoms with van der Waals surface area (Å²) in [6.07, 6.45) is 9.97. The van der Waals surface area contributed by atoms with Crippen molar-refractivity contribution < 1.29 is 4.79 Å². The van der Waals surface area contributed by atoms with E-state index in [1.807, 2.05) is 30.7 Å². The van der Waals surface area contributed by atoms with Crippen LogP contribution in [0.4, 0.5) is 11.6 Å². The molecule has 2 atom stereocenters. The first-order valence-electron chi connectivity index (χ1n) is 12.4. The number of aromatic nitrogens is 3. The van der Waals surface area contributed by atoms with Gasteiger partial charge in [-0.25, -0.2) is 9.97 Å². The maximum Gasteiger partial charge on any atom is 0.254 e. The zero-order valence-corrected chi connectivity index (χ0v) is 19.4. The van der Waals surface area contributed by atoms with Gasteiger partial charge < -0.3 is 15.1 Å². The van der Waals surface area contributed by atoms with E-state index in [1.165, 1.54) is 24.0 Å². The minimum absolute atomic E-state index is 0.145. The summed E-state index contributed by atoms with van der Waals surface area (Å²) in [5.41, 5.74) is 6.44. The third-order valence-electron chi connectivity index (χ3n) is 8.15. The Balaban J connectivity index is 1.20. The second-order valence-electron chi connectivity index (χ2n) is 10.2. The topological polar surface area (TPSA) is 74.2 Å². The summed E-state index contributed by atoms with van der Waals surface area (Å²) in [5, 5.41) is 3.48. The van der Waals surface area contributed by atoms with Gasteiger partial charge in [0.1, 0.15) is 0 Å². The molecule has 1 spiro atoms. The van der Waals surface area contributed by atoms with E-state index < -0.39 is 0 Å². The van der Waals surface area contributed by atoms with Crippen molar-refractivity contribution in [1.82, 2.24) is 25.2 Å². The van der Waals surface area contributed by atoms with E-state index in [1.54, 1.807) is 0 Å². The number of likely N-dealkylation sites (tertiary alicyclic amines) is 1. The highest BCUT2D eigenvalue weighted by molar-refractivity contribution is 5.96. The number of piperazine rings is 1. The molecule has 34 heavy (non-hydrogen) atoms. The molecule has 4 aliphatic rings. The molecule has 0 unspecified atom stereocenters. The standard InChI is InChI=1S/C27H28N6O/c1-2-17-5-8-28-23(9-17)19-12-30-26(31-13-19)33-16-27(6-7-27)22-4-3-18(10-24(22)33)25(34)32-15-20-11-21(32)14-29-20/h3-5,8-10,12-13,20-21,29H,2,6-7,11,14-16H2,1H3/t20-,21-/m0/s1. The lowest BCUT2D eigenvalue weighted by Crippen LogP contribution is -2.46. The molecule has 1 amide bonds. The molecule has 3 aliphatic heterocycles. The minimum Gasteiger partial charge on any atom is -0.333 e. The Kier molecular flexibility index (Phi) is 4.34. The number of hydrogen-bond acceptors (Lipinski definition) is 6. The monoisotopic (exact) mass is 452 g/mol. The smallest absolute Gasteiger partial charge is 0.254 e. The van der Waals surface area contributed by atoms with Gasteiger partial charge in [0.05, 0.1) is 5.69 Å². The van der Waals surface area contributed by atoms with Crippen LogP contribution < -0.4 is 10.2 Å². The maximum absolute atomic E-state index is 13.4. The van der Waals surface area contributed by atoms with Crippen LogP contribution in [0, 0.1) is 0 Å². The van der Waals surface area contributed by atoms with Gasteiger partial charge in [-0.2, -0.15) is 0 Å². The molecule has 2 bridgehead atoms. The van der Waals surface area contributed by atoms with Crippen LogP contribution in [0.1, 0.15) is 47.7 Å². The second kappa shape index (κ2) is 7.34. The van der Waals surface area contributed by atoms with Crippen molar-refractivity contribution in [1.29, 1.82) is 0 Å². The molecule has 1 N–H and O–H groups in total. The summed E-state index contributed by atoms with van der Waals surface area (Å²) in [7, 11) is 0. The number of nitrogens with one attached hydrogen (secondary N) is 1. The van der Waals surface area contributed by atoms with Crippen LogP contribution in [-0.2, 0) is 11.8 Å². The number of fused-ring (bicyclic) bond motifs is 4. The van der Waals surface area contributed by atoms with Gasteiger partial charge in [-0.3, -0.25) is 9.78 Å². The predicted octanol–water partition coefficient (Wildman–Crippen LogP) is 3.47. The van der Waals surface area contributed by atoms with Gasteiger partial charge >= 0.3 is 0 Å². The zero-order chi connectivity index (χ0) is 22.9. The van der Waals surface area contributed by atoms with E-state index in [0.717, 1.165) is 55.0 Å². The van der Waals surface area contributed by atoms with Crippen molar-refractivity contribution in [3.63, 3.8) is 0 Å². The number of anilines is 2. The summed E-state index contributed by atoms with van der Waals surface area (Å²) in [6, 6.07) is 11.2. The lowest BCUT2D eigenvalue weighted by molar-refractivity contribution is 0.0716. The van der Waals surface area contributed by atoms with E-state index in [0.29, 0.717) is 18.0 Å². The first-order valence-corrected chi connectivity index (χ1v) is 12.4. The van der Waals surface area contributed by atoms with Crippen LogP contribution in [0.3, 0.4) is 0 Å². The average molecular weight is 453 g/mol. The SMILES string of the molecule is CCc1ccnc(-c2cnc(N3CC4(CC4)c4ccc(C(=O)N5C[C@@H]6C[C@H]5CN6)cc43)nc2)c1. The first-order chi connectivity index (χ1) is 16.6. The summed E-state index contributed by atoms with van der Waals surface area (Å²) in [5.74, 6) is 0.834. The molecule has 7 heteroatoms. The highest BCUT2D eigenvalue weighted by Crippen LogP contribution is 2.57. The molecule has 5 heterocycles. The summed E-state index contributed by atoms with van der Waals surface area (Å²) >= 11 is 0. The van der Waals surface area contributed by atoms with Gasteiger partial charge in [-0.15, -0.1) is 0 Å². The predicted molar refractivity (Wildman–Crippen MR) is 130 cm³/mol. The summed E-state index contributed by atoms with van der Waals surface area (Å²) in [4.78, 5) is 31.6. The molecule has 3 fully saturated rings. The fraction of sp³-hybridized carbons (Fsp3) is 0.407. The van der Waals surface area contributed by atoms with Crippen molar-refractivity contribution >= 4 is 17.5 Å². The molecule has 1 aromatic carbocycles. The Hall–Kier alpha value is -3.32. The normalized spacial score (nSPS) is 23.6. The van der Waals surface area contributed by atoms with Gasteiger partial charge in [-0.1, -0.05) is 13.0 Å². The van der Waals surface area contributed by atoms with Gasteiger partial charge in [0.15, 0.2) is 0 Å². The van der Waals surface area contributed by atoms with Gasteiger partial charge in [-0.05, 0) is 61.1 Å². The van der Waals surface area contributed by atoms with E-state index in [2.05, 4.69) is 45.2 Å². The third kappa shape index (κ3) is 3.06. The summed E-state index contributed by atoms with van der Waals surface area (Å²) in [6.45, 7) is 4.74. The van der Waals surface area contributed by atoms with E-state index in [9.17, 15) is 4.79 Å². The Morgan fingerprint density at radius 3 is 2.71 bits per heavy atom. The lowest BCUT2D eigenvalue weighted by atomic mass is 9.97. The lowest BCUT2D eigenvalue weighted by Gasteiger charge is -2.28. The second-order valence-corrected chi connectivity index (χ2v) is 10.2. The molecule has 172 valence electrons. The maximum atomic E-state index is 13.4. The van der Waals surface area contributed by atoms with Crippen LogP contribution >= 0.6 is 0 Å². The number of nitrogens with zero attached hydrogens (tertiary/aromatic N) is 5. The van der Waals surface area contributed by atoms with Crippen molar-refractivity contribution in [3.8, 4) is 11.3 Å². The zero-order valence-electron chi connectivity index (χ0n) is 19.4. The molecule has 7 nitrogen and oxygen atoms in total. The minimum atomic E-state index is 0.145. The molecule has 0 radical (unpaired) electrons. The van der Waals surface area contributed by atoms with Crippen LogP contribution in [0.25, 0.3) is 11.3 Å². The quantitative estimate of drug-likeness (QED) is 0.654. The number of hydrogen-bond donors (Lipinski definition) is 1. The van der Waals surface area contributed by atoms with E-state index in [-0.39, 0.29) is 11.3 Å². The fourth-order valence-corrected chi connectivity index (χ4v) is 5.99. The van der Waals surface area contributed by atoms with Crippen LogP contribution in [-0.4, -0.2) is 57.5 Å². The highest BCUT2D eigenvalue weighted by atomic mass is 16.2. The van der Waals surface area contributed by atoms with Crippen molar-refractivity contribution in [3.05, 3.63) is 65.6 Å². The fourth-order valence-electron chi connectivity index (χ4n) is 5.99. The number of benzene rings is 1. The molecular weight excluding hydrogens is 424 g/mol. The Bertz CT molecular complexity index is 1280. The molecular formula is C27H28N6O. The third-order valence-corrected chi connectivity index (χ3v) is 8.15. The van der Waals surface area contributed by atoms with Crippen LogP contribution in [0.2, 0.25) is 0 Å².